The molecule has 3 rings (SSSR count). The molecular formula is C18H15N3O4. The van der Waals surface area contributed by atoms with E-state index in [0.717, 1.165) is 0 Å². The molecule has 0 aliphatic carbocycles. The van der Waals surface area contributed by atoms with Crippen molar-refractivity contribution in [1.82, 2.24) is 0 Å². The summed E-state index contributed by atoms with van der Waals surface area (Å²) >= 11 is 0. The van der Waals surface area contributed by atoms with Crippen molar-refractivity contribution in [3.8, 4) is 11.8 Å². The number of nitriles is 1. The zero-order valence-corrected chi connectivity index (χ0v) is 13.7. The summed E-state index contributed by atoms with van der Waals surface area (Å²) in [7, 11) is 1.53. The predicted octanol–water partition coefficient (Wildman–Crippen LogP) is 2.82. The number of hydrogen-bond acceptors (Lipinski definition) is 5. The largest absolute Gasteiger partial charge is 0.497 e. The quantitative estimate of drug-likeness (QED) is 0.634. The van der Waals surface area contributed by atoms with E-state index >= 15 is 0 Å². The van der Waals surface area contributed by atoms with E-state index in [1.807, 2.05) is 6.07 Å². The first-order valence-corrected chi connectivity index (χ1v) is 7.57. The number of anilines is 2. The number of methoxy groups -OCH3 is 1. The topological polar surface area (TPSA) is 96.5 Å². The fourth-order valence-corrected chi connectivity index (χ4v) is 2.94. The normalized spacial score (nSPS) is 19.1. The molecule has 0 unspecified atom stereocenters. The first kappa shape index (κ1) is 16.5. The van der Waals surface area contributed by atoms with Crippen molar-refractivity contribution in [2.24, 2.45) is 0 Å². The van der Waals surface area contributed by atoms with Crippen LogP contribution < -0.4 is 9.64 Å². The Bertz CT molecular complexity index is 902. The number of amides is 1. The highest BCUT2D eigenvalue weighted by molar-refractivity contribution is 6.07. The molecule has 0 bridgehead atoms. The third-order valence-corrected chi connectivity index (χ3v) is 4.38. The first-order chi connectivity index (χ1) is 11.9. The molecule has 0 saturated carbocycles. The minimum atomic E-state index is -1.79. The fraction of sp³-hybridized carbons (Fsp3) is 0.222. The number of carbonyl (C=O) groups is 1. The monoisotopic (exact) mass is 337 g/mol. The molecule has 0 radical (unpaired) electrons. The smallest absolute Gasteiger partial charge is 0.309 e. The highest BCUT2D eigenvalue weighted by Crippen LogP contribution is 2.39. The van der Waals surface area contributed by atoms with Gasteiger partial charge < -0.3 is 4.74 Å². The highest BCUT2D eigenvalue weighted by Gasteiger charge is 2.53. The van der Waals surface area contributed by atoms with Crippen LogP contribution in [0.5, 0.6) is 5.75 Å². The van der Waals surface area contributed by atoms with Gasteiger partial charge in [0.1, 0.15) is 5.75 Å². The minimum absolute atomic E-state index is 0.0592. The van der Waals surface area contributed by atoms with Gasteiger partial charge in [-0.3, -0.25) is 19.8 Å². The molecule has 25 heavy (non-hydrogen) atoms. The maximum absolute atomic E-state index is 12.9. The van der Waals surface area contributed by atoms with E-state index in [0.29, 0.717) is 28.3 Å². The number of nitro groups is 1. The molecule has 1 atom stereocenters. The molecule has 2 aromatic rings. The lowest BCUT2D eigenvalue weighted by molar-refractivity contribution is -0.547. The predicted molar refractivity (Wildman–Crippen MR) is 90.4 cm³/mol. The third-order valence-electron chi connectivity index (χ3n) is 4.38. The Morgan fingerprint density at radius 3 is 2.52 bits per heavy atom. The second-order valence-electron chi connectivity index (χ2n) is 6.00. The third kappa shape index (κ3) is 2.58. The molecule has 0 saturated heterocycles. The van der Waals surface area contributed by atoms with Gasteiger partial charge in [0.15, 0.2) is 0 Å². The molecule has 1 heterocycles. The molecule has 0 fully saturated rings. The van der Waals surface area contributed by atoms with Crippen molar-refractivity contribution in [1.29, 1.82) is 5.26 Å². The second-order valence-corrected chi connectivity index (χ2v) is 6.00. The standard InChI is InChI=1S/C18H15N3O4/c1-18(21(23)24)10-13-9-12(11-19)3-8-16(13)20(17(18)22)14-4-6-15(25-2)7-5-14/h3-9H,10H2,1-2H3/t18-/m0/s1. The van der Waals surface area contributed by atoms with E-state index < -0.39 is 16.4 Å². The number of ether oxygens (including phenoxy) is 1. The van der Waals surface area contributed by atoms with Crippen molar-refractivity contribution < 1.29 is 14.5 Å². The van der Waals surface area contributed by atoms with E-state index in [2.05, 4.69) is 0 Å². The number of hydrogen-bond donors (Lipinski definition) is 0. The van der Waals surface area contributed by atoms with Crippen LogP contribution in [0.1, 0.15) is 18.1 Å². The summed E-state index contributed by atoms with van der Waals surface area (Å²) in [6, 6.07) is 13.6. The van der Waals surface area contributed by atoms with Crippen LogP contribution in [0, 0.1) is 21.4 Å². The molecule has 126 valence electrons. The number of carbonyl (C=O) groups excluding carboxylic acids is 1. The lowest BCUT2D eigenvalue weighted by Crippen LogP contribution is -2.55. The van der Waals surface area contributed by atoms with Crippen LogP contribution in [0.3, 0.4) is 0 Å². The molecule has 0 N–H and O–H groups in total. The fourth-order valence-electron chi connectivity index (χ4n) is 2.94. The Morgan fingerprint density at radius 2 is 1.96 bits per heavy atom. The highest BCUT2D eigenvalue weighted by atomic mass is 16.6. The molecular weight excluding hydrogens is 322 g/mol. The maximum Gasteiger partial charge on any atom is 0.309 e. The van der Waals surface area contributed by atoms with Crippen LogP contribution in [0.4, 0.5) is 11.4 Å². The van der Waals surface area contributed by atoms with Crippen molar-refractivity contribution in [2.75, 3.05) is 12.0 Å². The number of benzene rings is 2. The van der Waals surface area contributed by atoms with Gasteiger partial charge in [0, 0.05) is 17.5 Å². The van der Waals surface area contributed by atoms with Crippen LogP contribution >= 0.6 is 0 Å². The average Bonchev–Trinajstić information content (AvgIpc) is 2.62. The van der Waals surface area contributed by atoms with Gasteiger partial charge in [0.25, 0.3) is 0 Å². The maximum atomic E-state index is 12.9. The summed E-state index contributed by atoms with van der Waals surface area (Å²) in [4.78, 5) is 25.3. The summed E-state index contributed by atoms with van der Waals surface area (Å²) < 4.78 is 5.11. The molecule has 1 amide bonds. The van der Waals surface area contributed by atoms with Gasteiger partial charge in [-0.15, -0.1) is 0 Å². The zero-order chi connectivity index (χ0) is 18.2. The molecule has 7 heteroatoms. The summed E-state index contributed by atoms with van der Waals surface area (Å²) in [5.41, 5.74) is 0.251. The molecule has 1 aliphatic rings. The van der Waals surface area contributed by atoms with E-state index in [1.54, 1.807) is 42.5 Å². The van der Waals surface area contributed by atoms with Crippen molar-refractivity contribution in [2.45, 2.75) is 18.9 Å². The van der Waals surface area contributed by atoms with E-state index in [1.165, 1.54) is 18.9 Å². The summed E-state index contributed by atoms with van der Waals surface area (Å²) in [5.74, 6) is 0.00479. The van der Waals surface area contributed by atoms with Crippen molar-refractivity contribution in [3.63, 3.8) is 0 Å². The minimum Gasteiger partial charge on any atom is -0.497 e. The molecule has 7 nitrogen and oxygen atoms in total. The van der Waals surface area contributed by atoms with Crippen molar-refractivity contribution >= 4 is 17.3 Å². The van der Waals surface area contributed by atoms with Gasteiger partial charge in [-0.05, 0) is 48.0 Å². The van der Waals surface area contributed by atoms with E-state index in [4.69, 9.17) is 10.00 Å². The van der Waals surface area contributed by atoms with Crippen LogP contribution in [0.2, 0.25) is 0 Å². The van der Waals surface area contributed by atoms with Gasteiger partial charge in [-0.25, -0.2) is 0 Å². The Labute approximate surface area is 144 Å². The van der Waals surface area contributed by atoms with Gasteiger partial charge in [-0.2, -0.15) is 5.26 Å². The van der Waals surface area contributed by atoms with Crippen LogP contribution in [0.25, 0.3) is 0 Å². The van der Waals surface area contributed by atoms with Gasteiger partial charge in [-0.1, -0.05) is 0 Å². The van der Waals surface area contributed by atoms with E-state index in [-0.39, 0.29) is 6.42 Å². The van der Waals surface area contributed by atoms with Crippen molar-refractivity contribution in [3.05, 3.63) is 63.7 Å². The van der Waals surface area contributed by atoms with Gasteiger partial charge >= 0.3 is 11.4 Å². The SMILES string of the molecule is COc1ccc(N2C(=O)[C@@](C)([N+](=O)[O-])Cc3cc(C#N)ccc32)cc1. The van der Waals surface area contributed by atoms with Gasteiger partial charge in [0.05, 0.1) is 30.9 Å². The zero-order valence-electron chi connectivity index (χ0n) is 13.7. The van der Waals surface area contributed by atoms with Gasteiger partial charge in [0.2, 0.25) is 0 Å². The Kier molecular flexibility index (Phi) is 3.89. The number of rotatable bonds is 3. The Balaban J connectivity index is 2.19. The lowest BCUT2D eigenvalue weighted by Gasteiger charge is -2.35. The summed E-state index contributed by atoms with van der Waals surface area (Å²) in [5, 5.41) is 20.7. The molecule has 0 spiro atoms. The average molecular weight is 337 g/mol. The molecule has 0 aromatic heterocycles. The first-order valence-electron chi connectivity index (χ1n) is 7.57. The molecule has 1 aliphatic heterocycles. The Hall–Kier alpha value is -3.40. The lowest BCUT2D eigenvalue weighted by atomic mass is 9.85. The second kappa shape index (κ2) is 5.91. The van der Waals surface area contributed by atoms with Crippen LogP contribution in [0.15, 0.2) is 42.5 Å². The number of nitrogens with zero attached hydrogens (tertiary/aromatic N) is 3. The molecule has 2 aromatic carbocycles. The summed E-state index contributed by atoms with van der Waals surface area (Å²) in [6.45, 7) is 1.31. The van der Waals surface area contributed by atoms with Crippen LogP contribution in [-0.4, -0.2) is 23.5 Å². The number of fused-ring (bicyclic) bond motifs is 1. The van der Waals surface area contributed by atoms with Crippen LogP contribution in [-0.2, 0) is 11.2 Å². The van der Waals surface area contributed by atoms with E-state index in [9.17, 15) is 14.9 Å². The summed E-state index contributed by atoms with van der Waals surface area (Å²) in [6.07, 6.45) is -0.0592. The Morgan fingerprint density at radius 1 is 1.28 bits per heavy atom.